The lowest BCUT2D eigenvalue weighted by molar-refractivity contribution is 0.0973. The molecule has 1 amide bonds. The number of benzene rings is 3. The van der Waals surface area contributed by atoms with Crippen molar-refractivity contribution in [3.63, 3.8) is 0 Å². The number of nitrogens with one attached hydrogen (secondary N) is 1. The number of nitrogens with zero attached hydrogens (tertiary/aromatic N) is 1. The molecule has 3 aromatic rings. The van der Waals surface area contributed by atoms with E-state index in [9.17, 15) is 9.18 Å². The van der Waals surface area contributed by atoms with Gasteiger partial charge in [0.25, 0.3) is 5.91 Å². The van der Waals surface area contributed by atoms with Gasteiger partial charge in [-0.25, -0.2) is 4.39 Å². The molecule has 0 aromatic heterocycles. The Bertz CT molecular complexity index is 957. The largest absolute Gasteiger partial charge is 0.382 e. The van der Waals surface area contributed by atoms with Crippen LogP contribution in [0.25, 0.3) is 0 Å². The van der Waals surface area contributed by atoms with Crippen molar-refractivity contribution in [1.82, 2.24) is 0 Å². The molecule has 0 saturated heterocycles. The molecule has 1 aliphatic rings. The SMILES string of the molecule is CC1CC(N(C(=O)c2cccc(F)c2)c2ccccc2)c2ccccc2N1. The van der Waals surface area contributed by atoms with E-state index in [2.05, 4.69) is 12.2 Å². The van der Waals surface area contributed by atoms with E-state index in [4.69, 9.17) is 0 Å². The third-order valence-electron chi connectivity index (χ3n) is 4.93. The molecule has 0 aliphatic carbocycles. The average Bonchev–Trinajstić information content (AvgIpc) is 2.69. The van der Waals surface area contributed by atoms with E-state index < -0.39 is 5.82 Å². The molecule has 27 heavy (non-hydrogen) atoms. The Kier molecular flexibility index (Phi) is 4.63. The number of anilines is 2. The minimum absolute atomic E-state index is 0.129. The van der Waals surface area contributed by atoms with Crippen LogP contribution in [-0.4, -0.2) is 11.9 Å². The normalized spacial score (nSPS) is 18.3. The first kappa shape index (κ1) is 17.3. The lowest BCUT2D eigenvalue weighted by Crippen LogP contribution is -2.40. The zero-order valence-corrected chi connectivity index (χ0v) is 15.1. The fourth-order valence-electron chi connectivity index (χ4n) is 3.74. The van der Waals surface area contributed by atoms with Crippen LogP contribution in [-0.2, 0) is 0 Å². The molecule has 0 fully saturated rings. The van der Waals surface area contributed by atoms with Crippen LogP contribution in [0.2, 0.25) is 0 Å². The van der Waals surface area contributed by atoms with Crippen molar-refractivity contribution in [3.05, 3.63) is 95.8 Å². The summed E-state index contributed by atoms with van der Waals surface area (Å²) in [5.41, 5.74) is 3.27. The second-order valence-electron chi connectivity index (χ2n) is 6.91. The van der Waals surface area contributed by atoms with Crippen molar-refractivity contribution in [2.75, 3.05) is 10.2 Å². The topological polar surface area (TPSA) is 32.3 Å². The number of amides is 1. The minimum Gasteiger partial charge on any atom is -0.382 e. The first-order valence-corrected chi connectivity index (χ1v) is 9.13. The predicted octanol–water partition coefficient (Wildman–Crippen LogP) is 5.42. The maximum Gasteiger partial charge on any atom is 0.258 e. The summed E-state index contributed by atoms with van der Waals surface area (Å²) in [7, 11) is 0. The molecule has 1 heterocycles. The first-order valence-electron chi connectivity index (χ1n) is 9.13. The summed E-state index contributed by atoms with van der Waals surface area (Å²) in [6.45, 7) is 2.11. The van der Waals surface area contributed by atoms with Crippen LogP contribution >= 0.6 is 0 Å². The van der Waals surface area contributed by atoms with Gasteiger partial charge in [-0.3, -0.25) is 4.79 Å². The summed E-state index contributed by atoms with van der Waals surface area (Å²) < 4.78 is 13.8. The minimum atomic E-state index is -0.409. The Morgan fingerprint density at radius 2 is 1.74 bits per heavy atom. The number of carbonyl (C=O) groups excluding carboxylic acids is 1. The highest BCUT2D eigenvalue weighted by atomic mass is 19.1. The van der Waals surface area contributed by atoms with Gasteiger partial charge >= 0.3 is 0 Å². The summed E-state index contributed by atoms with van der Waals surface area (Å²) in [6.07, 6.45) is 0.771. The maximum absolute atomic E-state index is 13.8. The maximum atomic E-state index is 13.8. The highest BCUT2D eigenvalue weighted by Crippen LogP contribution is 2.39. The molecule has 3 nitrogen and oxygen atoms in total. The van der Waals surface area contributed by atoms with E-state index >= 15 is 0 Å². The number of fused-ring (bicyclic) bond motifs is 1. The summed E-state index contributed by atoms with van der Waals surface area (Å²) >= 11 is 0. The Morgan fingerprint density at radius 3 is 2.52 bits per heavy atom. The number of para-hydroxylation sites is 2. The van der Waals surface area contributed by atoms with Crippen molar-refractivity contribution in [1.29, 1.82) is 0 Å². The van der Waals surface area contributed by atoms with Gasteiger partial charge in [0.15, 0.2) is 0 Å². The third kappa shape index (κ3) is 3.43. The van der Waals surface area contributed by atoms with E-state index in [0.717, 1.165) is 23.4 Å². The number of carbonyl (C=O) groups is 1. The first-order chi connectivity index (χ1) is 13.1. The molecule has 1 aliphatic heterocycles. The summed E-state index contributed by atoms with van der Waals surface area (Å²) in [5.74, 6) is -0.609. The molecule has 0 bridgehead atoms. The van der Waals surface area contributed by atoms with Crippen molar-refractivity contribution in [2.45, 2.75) is 25.4 Å². The van der Waals surface area contributed by atoms with E-state index in [1.165, 1.54) is 12.1 Å². The molecule has 4 rings (SSSR count). The molecule has 0 spiro atoms. The molecule has 0 saturated carbocycles. The Morgan fingerprint density at radius 1 is 1.00 bits per heavy atom. The number of halogens is 1. The van der Waals surface area contributed by atoms with Gasteiger partial charge < -0.3 is 10.2 Å². The smallest absolute Gasteiger partial charge is 0.258 e. The summed E-state index contributed by atoms with van der Waals surface area (Å²) in [6, 6.07) is 23.6. The highest BCUT2D eigenvalue weighted by Gasteiger charge is 2.33. The zero-order valence-electron chi connectivity index (χ0n) is 15.1. The van der Waals surface area contributed by atoms with E-state index in [1.807, 2.05) is 54.6 Å². The van der Waals surface area contributed by atoms with Crippen molar-refractivity contribution in [3.8, 4) is 0 Å². The molecule has 2 atom stereocenters. The standard InChI is InChI=1S/C23H21FN2O/c1-16-14-22(20-12-5-6-13-21(20)25-16)26(19-10-3-2-4-11-19)23(27)17-8-7-9-18(24)15-17/h2-13,15-16,22,25H,14H2,1H3. The van der Waals surface area contributed by atoms with E-state index in [-0.39, 0.29) is 18.0 Å². The van der Waals surface area contributed by atoms with Crippen molar-refractivity contribution >= 4 is 17.3 Å². The zero-order chi connectivity index (χ0) is 18.8. The van der Waals surface area contributed by atoms with Crippen LogP contribution in [0.1, 0.15) is 35.3 Å². The quantitative estimate of drug-likeness (QED) is 0.676. The van der Waals surface area contributed by atoms with Gasteiger partial charge in [-0.05, 0) is 55.3 Å². The lowest BCUT2D eigenvalue weighted by Gasteiger charge is -2.39. The molecule has 2 unspecified atom stereocenters. The second kappa shape index (κ2) is 7.23. The monoisotopic (exact) mass is 360 g/mol. The van der Waals surface area contributed by atoms with Crippen LogP contribution in [0.5, 0.6) is 0 Å². The van der Waals surface area contributed by atoms with Gasteiger partial charge in [-0.15, -0.1) is 0 Å². The molecule has 3 aromatic carbocycles. The molecular formula is C23H21FN2O. The highest BCUT2D eigenvalue weighted by molar-refractivity contribution is 6.06. The van der Waals surface area contributed by atoms with Gasteiger partial charge in [0.2, 0.25) is 0 Å². The van der Waals surface area contributed by atoms with Crippen LogP contribution in [0.4, 0.5) is 15.8 Å². The Hall–Kier alpha value is -3.14. The number of hydrogen-bond donors (Lipinski definition) is 1. The Balaban J connectivity index is 1.83. The van der Waals surface area contributed by atoms with Gasteiger partial charge in [-0.2, -0.15) is 0 Å². The van der Waals surface area contributed by atoms with E-state index in [1.54, 1.807) is 17.0 Å². The van der Waals surface area contributed by atoms with Crippen LogP contribution < -0.4 is 10.2 Å². The Labute approximate surface area is 158 Å². The van der Waals surface area contributed by atoms with Crippen LogP contribution in [0.15, 0.2) is 78.9 Å². The molecule has 136 valence electrons. The van der Waals surface area contributed by atoms with Crippen molar-refractivity contribution in [2.24, 2.45) is 0 Å². The lowest BCUT2D eigenvalue weighted by atomic mass is 9.91. The average molecular weight is 360 g/mol. The predicted molar refractivity (Wildman–Crippen MR) is 107 cm³/mol. The van der Waals surface area contributed by atoms with Crippen LogP contribution in [0, 0.1) is 5.82 Å². The molecule has 1 N–H and O–H groups in total. The number of rotatable bonds is 3. The molecule has 4 heteroatoms. The summed E-state index contributed by atoms with van der Waals surface area (Å²) in [4.78, 5) is 15.2. The van der Waals surface area contributed by atoms with Crippen LogP contribution in [0.3, 0.4) is 0 Å². The summed E-state index contributed by atoms with van der Waals surface area (Å²) in [5, 5.41) is 3.49. The van der Waals surface area contributed by atoms with Gasteiger partial charge in [0.1, 0.15) is 5.82 Å². The van der Waals surface area contributed by atoms with Crippen molar-refractivity contribution < 1.29 is 9.18 Å². The van der Waals surface area contributed by atoms with Gasteiger partial charge in [0, 0.05) is 23.0 Å². The fraction of sp³-hybridized carbons (Fsp3) is 0.174. The fourth-order valence-corrected chi connectivity index (χ4v) is 3.74. The van der Waals surface area contributed by atoms with Gasteiger partial charge in [0.05, 0.1) is 6.04 Å². The van der Waals surface area contributed by atoms with Gasteiger partial charge in [-0.1, -0.05) is 42.5 Å². The third-order valence-corrected chi connectivity index (χ3v) is 4.93. The van der Waals surface area contributed by atoms with E-state index in [0.29, 0.717) is 5.56 Å². The second-order valence-corrected chi connectivity index (χ2v) is 6.91. The number of hydrogen-bond acceptors (Lipinski definition) is 2. The molecular weight excluding hydrogens is 339 g/mol. The molecule has 0 radical (unpaired) electrons.